The molecule has 4 heteroatoms. The normalized spacial score (nSPS) is 34.2. The molecule has 4 unspecified atom stereocenters. The predicted octanol–water partition coefficient (Wildman–Crippen LogP) is 3.07. The molecule has 2 amide bonds. The highest BCUT2D eigenvalue weighted by atomic mass is 79.9. The quantitative estimate of drug-likeness (QED) is 0.585. The van der Waals surface area contributed by atoms with Crippen LogP contribution in [0.25, 0.3) is 0 Å². The van der Waals surface area contributed by atoms with Gasteiger partial charge < -0.3 is 0 Å². The van der Waals surface area contributed by atoms with E-state index in [-0.39, 0.29) is 35.5 Å². The van der Waals surface area contributed by atoms with E-state index < -0.39 is 0 Å². The second-order valence-electron chi connectivity index (χ2n) is 5.94. The SMILES string of the molecule is Cc1ccc(Br)cc1N1C(=O)C2C3C=CC(C3)C2C1=O. The van der Waals surface area contributed by atoms with Crippen LogP contribution in [0.15, 0.2) is 34.8 Å². The standard InChI is InChI=1S/C16H14BrNO2/c1-8-2-5-11(17)7-12(8)18-15(19)13-9-3-4-10(6-9)14(13)16(18)20/h2-5,7,9-10,13-14H,6H2,1H3. The van der Waals surface area contributed by atoms with Crippen molar-refractivity contribution >= 4 is 33.4 Å². The lowest BCUT2D eigenvalue weighted by molar-refractivity contribution is -0.123. The van der Waals surface area contributed by atoms with Crippen LogP contribution in [0, 0.1) is 30.6 Å². The van der Waals surface area contributed by atoms with Gasteiger partial charge in [-0.15, -0.1) is 0 Å². The highest BCUT2D eigenvalue weighted by Gasteiger charge is 2.59. The van der Waals surface area contributed by atoms with Crippen molar-refractivity contribution in [3.63, 3.8) is 0 Å². The highest BCUT2D eigenvalue weighted by Crippen LogP contribution is 2.53. The lowest BCUT2D eigenvalue weighted by atomic mass is 9.85. The molecule has 1 saturated heterocycles. The Balaban J connectivity index is 1.80. The molecule has 2 aliphatic carbocycles. The van der Waals surface area contributed by atoms with Gasteiger partial charge in [-0.25, -0.2) is 4.90 Å². The van der Waals surface area contributed by atoms with Gasteiger partial charge in [0.15, 0.2) is 0 Å². The third-order valence-corrected chi connectivity index (χ3v) is 5.38. The molecule has 20 heavy (non-hydrogen) atoms. The summed E-state index contributed by atoms with van der Waals surface area (Å²) in [6.07, 6.45) is 5.21. The maximum Gasteiger partial charge on any atom is 0.238 e. The van der Waals surface area contributed by atoms with Gasteiger partial charge in [-0.2, -0.15) is 0 Å². The third-order valence-electron chi connectivity index (χ3n) is 4.88. The lowest BCUT2D eigenvalue weighted by Crippen LogP contribution is -2.33. The maximum atomic E-state index is 12.7. The fourth-order valence-electron chi connectivity index (χ4n) is 3.96. The molecule has 0 spiro atoms. The summed E-state index contributed by atoms with van der Waals surface area (Å²) in [5.41, 5.74) is 1.68. The number of carbonyl (C=O) groups excluding carboxylic acids is 2. The summed E-state index contributed by atoms with van der Waals surface area (Å²) >= 11 is 3.42. The number of halogens is 1. The van der Waals surface area contributed by atoms with E-state index >= 15 is 0 Å². The van der Waals surface area contributed by atoms with Crippen LogP contribution in [0.4, 0.5) is 5.69 Å². The number of amides is 2. The average Bonchev–Trinajstić information content (AvgIpc) is 3.08. The maximum absolute atomic E-state index is 12.7. The molecule has 1 saturated carbocycles. The monoisotopic (exact) mass is 331 g/mol. The Morgan fingerprint density at radius 3 is 2.30 bits per heavy atom. The second-order valence-corrected chi connectivity index (χ2v) is 6.86. The average molecular weight is 332 g/mol. The first-order valence-electron chi connectivity index (χ1n) is 6.90. The molecule has 1 aliphatic heterocycles. The Morgan fingerprint density at radius 2 is 1.70 bits per heavy atom. The van der Waals surface area contributed by atoms with E-state index in [2.05, 4.69) is 28.1 Å². The predicted molar refractivity (Wildman–Crippen MR) is 79.1 cm³/mol. The van der Waals surface area contributed by atoms with Crippen molar-refractivity contribution in [3.05, 3.63) is 40.4 Å². The highest BCUT2D eigenvalue weighted by molar-refractivity contribution is 9.10. The van der Waals surface area contributed by atoms with E-state index in [4.69, 9.17) is 0 Å². The van der Waals surface area contributed by atoms with Gasteiger partial charge in [0.2, 0.25) is 11.8 Å². The molecule has 4 rings (SSSR count). The zero-order valence-electron chi connectivity index (χ0n) is 11.0. The number of imide groups is 1. The number of allylic oxidation sites excluding steroid dienone is 2. The van der Waals surface area contributed by atoms with Crippen LogP contribution >= 0.6 is 15.9 Å². The van der Waals surface area contributed by atoms with Crippen LogP contribution in [0.3, 0.4) is 0 Å². The Kier molecular flexibility index (Phi) is 2.49. The van der Waals surface area contributed by atoms with Gasteiger partial charge in [0.25, 0.3) is 0 Å². The number of hydrogen-bond acceptors (Lipinski definition) is 2. The number of rotatable bonds is 1. The van der Waals surface area contributed by atoms with Crippen molar-refractivity contribution in [2.45, 2.75) is 13.3 Å². The fraction of sp³-hybridized carbons (Fsp3) is 0.375. The van der Waals surface area contributed by atoms with Crippen LogP contribution in [0.1, 0.15) is 12.0 Å². The molecule has 4 atom stereocenters. The molecule has 2 bridgehead atoms. The smallest absolute Gasteiger partial charge is 0.238 e. The number of anilines is 1. The molecule has 1 heterocycles. The van der Waals surface area contributed by atoms with Gasteiger partial charge in [0, 0.05) is 4.47 Å². The number of aryl methyl sites for hydroxylation is 1. The van der Waals surface area contributed by atoms with Crippen molar-refractivity contribution < 1.29 is 9.59 Å². The third kappa shape index (κ3) is 1.46. The first-order valence-corrected chi connectivity index (χ1v) is 7.69. The second kappa shape index (κ2) is 4.04. The van der Waals surface area contributed by atoms with Gasteiger partial charge in [-0.05, 0) is 42.9 Å². The van der Waals surface area contributed by atoms with E-state index in [0.29, 0.717) is 0 Å². The lowest BCUT2D eigenvalue weighted by Gasteiger charge is -2.19. The Bertz CT molecular complexity index is 636. The van der Waals surface area contributed by atoms with Crippen molar-refractivity contribution in [2.24, 2.45) is 23.7 Å². The zero-order chi connectivity index (χ0) is 14.0. The van der Waals surface area contributed by atoms with E-state index in [9.17, 15) is 9.59 Å². The van der Waals surface area contributed by atoms with Crippen LogP contribution in [-0.4, -0.2) is 11.8 Å². The number of fused-ring (bicyclic) bond motifs is 5. The Morgan fingerprint density at radius 1 is 1.10 bits per heavy atom. The van der Waals surface area contributed by atoms with Crippen molar-refractivity contribution in [1.82, 2.24) is 0 Å². The molecule has 0 N–H and O–H groups in total. The first-order chi connectivity index (χ1) is 9.58. The summed E-state index contributed by atoms with van der Waals surface area (Å²) in [7, 11) is 0. The molecule has 1 aromatic rings. The summed E-state index contributed by atoms with van der Waals surface area (Å²) in [5.74, 6) is 0.237. The molecule has 3 aliphatic rings. The molecular formula is C16H14BrNO2. The van der Waals surface area contributed by atoms with Gasteiger partial charge in [-0.3, -0.25) is 9.59 Å². The minimum atomic E-state index is -0.129. The van der Waals surface area contributed by atoms with E-state index in [0.717, 1.165) is 22.1 Å². The minimum Gasteiger partial charge on any atom is -0.274 e. The minimum absolute atomic E-state index is 0.0157. The van der Waals surface area contributed by atoms with Crippen LogP contribution < -0.4 is 4.90 Å². The number of benzene rings is 1. The van der Waals surface area contributed by atoms with Crippen LogP contribution in [0.5, 0.6) is 0 Å². The zero-order valence-corrected chi connectivity index (χ0v) is 12.6. The van der Waals surface area contributed by atoms with Gasteiger partial charge in [-0.1, -0.05) is 34.1 Å². The summed E-state index contributed by atoms with van der Waals surface area (Å²) in [5, 5.41) is 0. The molecule has 2 fully saturated rings. The van der Waals surface area contributed by atoms with Crippen molar-refractivity contribution in [1.29, 1.82) is 0 Å². The summed E-state index contributed by atoms with van der Waals surface area (Å²) < 4.78 is 0.886. The van der Waals surface area contributed by atoms with Gasteiger partial charge in [0.05, 0.1) is 17.5 Å². The van der Waals surface area contributed by atoms with E-state index in [1.165, 1.54) is 4.90 Å². The van der Waals surface area contributed by atoms with Crippen LogP contribution in [-0.2, 0) is 9.59 Å². The largest absolute Gasteiger partial charge is 0.274 e. The summed E-state index contributed by atoms with van der Waals surface area (Å²) in [6.45, 7) is 1.93. The molecule has 102 valence electrons. The molecule has 0 radical (unpaired) electrons. The molecular weight excluding hydrogens is 318 g/mol. The Labute approximate surface area is 125 Å². The molecule has 3 nitrogen and oxygen atoms in total. The topological polar surface area (TPSA) is 37.4 Å². The number of carbonyl (C=O) groups is 2. The van der Waals surface area contributed by atoms with E-state index in [1.54, 1.807) is 0 Å². The van der Waals surface area contributed by atoms with Gasteiger partial charge >= 0.3 is 0 Å². The van der Waals surface area contributed by atoms with Crippen molar-refractivity contribution in [2.75, 3.05) is 4.90 Å². The molecule has 0 aromatic heterocycles. The number of hydrogen-bond donors (Lipinski definition) is 0. The van der Waals surface area contributed by atoms with Crippen molar-refractivity contribution in [3.8, 4) is 0 Å². The van der Waals surface area contributed by atoms with Crippen LogP contribution in [0.2, 0.25) is 0 Å². The fourth-order valence-corrected chi connectivity index (χ4v) is 4.31. The molecule has 1 aromatic carbocycles. The summed E-state index contributed by atoms with van der Waals surface area (Å²) in [4.78, 5) is 26.8. The first kappa shape index (κ1) is 12.3. The Hall–Kier alpha value is -1.42. The van der Waals surface area contributed by atoms with Gasteiger partial charge in [0.1, 0.15) is 0 Å². The number of nitrogens with zero attached hydrogens (tertiary/aromatic N) is 1. The van der Waals surface area contributed by atoms with E-state index in [1.807, 2.05) is 25.1 Å². The summed E-state index contributed by atoms with van der Waals surface area (Å²) in [6, 6.07) is 5.72.